The average Bonchev–Trinajstić information content (AvgIpc) is 2.77. The number of carbonyl (C=O) groups excluding carboxylic acids is 2. The summed E-state index contributed by atoms with van der Waals surface area (Å²) in [6.07, 6.45) is 0. The zero-order chi connectivity index (χ0) is 22.2. The molecular weight excluding hydrogens is 388 g/mol. The fraction of sp³-hybridized carbons (Fsp3) is 0.0800. The molecule has 0 heterocycles. The Balaban J connectivity index is 1.75. The Morgan fingerprint density at radius 1 is 0.935 bits per heavy atom. The average molecular weight is 410 g/mol. The molecule has 0 saturated heterocycles. The summed E-state index contributed by atoms with van der Waals surface area (Å²) in [6, 6.07) is 21.2. The number of amides is 1. The fourth-order valence-corrected chi connectivity index (χ4v) is 2.90. The van der Waals surface area contributed by atoms with Gasteiger partial charge in [0.15, 0.2) is 5.78 Å². The van der Waals surface area contributed by atoms with E-state index in [0.717, 1.165) is 5.69 Å². The number of rotatable bonds is 6. The molecule has 31 heavy (non-hydrogen) atoms. The van der Waals surface area contributed by atoms with Gasteiger partial charge in [-0.2, -0.15) is 0 Å². The number of nitrogens with two attached hydrogens (primary N) is 1. The molecule has 0 aliphatic rings. The number of nitrogens with one attached hydrogen (secondary N) is 3. The van der Waals surface area contributed by atoms with Crippen molar-refractivity contribution in [1.29, 1.82) is 5.41 Å². The van der Waals surface area contributed by atoms with Crippen LogP contribution in [0.2, 0.25) is 0 Å². The summed E-state index contributed by atoms with van der Waals surface area (Å²) in [5.41, 5.74) is 9.12. The molecule has 0 radical (unpaired) electrons. The van der Waals surface area contributed by atoms with Crippen molar-refractivity contribution in [2.24, 2.45) is 5.73 Å². The molecule has 0 aliphatic carbocycles. The maximum absolute atomic E-state index is 12.7. The van der Waals surface area contributed by atoms with Crippen LogP contribution in [-0.4, -0.2) is 24.1 Å². The quantitative estimate of drug-likeness (QED) is 0.215. The molecule has 0 unspecified atom stereocenters. The number of hydrogen-bond donors (Lipinski definition) is 4. The second-order valence-electron chi connectivity index (χ2n) is 6.78. The molecule has 0 bridgehead atoms. The van der Waals surface area contributed by atoms with Gasteiger partial charge in [-0.05, 0) is 42.5 Å². The van der Waals surface area contributed by atoms with Crippen molar-refractivity contribution in [2.75, 3.05) is 17.2 Å². The molecule has 1 amide bonds. The highest BCUT2D eigenvalue weighted by Crippen LogP contribution is 2.20. The first kappa shape index (κ1) is 21.3. The van der Waals surface area contributed by atoms with Crippen LogP contribution < -0.4 is 16.4 Å². The maximum atomic E-state index is 12.7. The minimum Gasteiger partial charge on any atom is -0.384 e. The van der Waals surface area contributed by atoms with Crippen molar-refractivity contribution >= 4 is 28.9 Å². The van der Waals surface area contributed by atoms with Crippen LogP contribution in [0.15, 0.2) is 72.8 Å². The van der Waals surface area contributed by atoms with Crippen LogP contribution in [0.3, 0.4) is 0 Å². The Morgan fingerprint density at radius 2 is 1.61 bits per heavy atom. The first-order valence-corrected chi connectivity index (χ1v) is 9.62. The summed E-state index contributed by atoms with van der Waals surface area (Å²) in [6.45, 7) is 1.79. The van der Waals surface area contributed by atoms with Crippen molar-refractivity contribution in [3.63, 3.8) is 0 Å². The summed E-state index contributed by atoms with van der Waals surface area (Å²) < 4.78 is 0. The number of ketones is 1. The predicted octanol–water partition coefficient (Wildman–Crippen LogP) is 3.62. The Bertz CT molecular complexity index is 1170. The van der Waals surface area contributed by atoms with Gasteiger partial charge in [0, 0.05) is 34.9 Å². The van der Waals surface area contributed by atoms with E-state index in [0.29, 0.717) is 34.5 Å². The van der Waals surface area contributed by atoms with E-state index in [1.165, 1.54) is 6.92 Å². The molecular formula is C25H22N4O2. The van der Waals surface area contributed by atoms with Crippen molar-refractivity contribution < 1.29 is 9.59 Å². The zero-order valence-corrected chi connectivity index (χ0v) is 17.0. The van der Waals surface area contributed by atoms with E-state index < -0.39 is 0 Å². The van der Waals surface area contributed by atoms with Gasteiger partial charge in [0.25, 0.3) is 0 Å². The van der Waals surface area contributed by atoms with E-state index in [1.54, 1.807) is 42.5 Å². The summed E-state index contributed by atoms with van der Waals surface area (Å²) in [5.74, 6) is 5.71. The molecule has 3 aromatic rings. The second kappa shape index (κ2) is 9.90. The zero-order valence-electron chi connectivity index (χ0n) is 17.0. The summed E-state index contributed by atoms with van der Waals surface area (Å²) in [5, 5.41) is 13.3. The lowest BCUT2D eigenvalue weighted by Gasteiger charge is -2.08. The number of nitrogen functional groups attached to an aromatic ring is 1. The molecule has 0 fully saturated rings. The van der Waals surface area contributed by atoms with E-state index in [2.05, 4.69) is 22.5 Å². The highest BCUT2D eigenvalue weighted by atomic mass is 16.1. The number of amidine groups is 1. The molecule has 154 valence electrons. The van der Waals surface area contributed by atoms with Gasteiger partial charge in [0.1, 0.15) is 5.84 Å². The SMILES string of the molecule is CC(=O)Nc1cc(C(=O)c2ccccc2)ccc1C#CCNc1ccc(C(=N)N)cc1. The first-order chi connectivity index (χ1) is 14.9. The summed E-state index contributed by atoms with van der Waals surface area (Å²) >= 11 is 0. The van der Waals surface area contributed by atoms with Crippen molar-refractivity contribution in [2.45, 2.75) is 6.92 Å². The molecule has 3 rings (SSSR count). The van der Waals surface area contributed by atoms with Gasteiger partial charge in [-0.15, -0.1) is 0 Å². The highest BCUT2D eigenvalue weighted by molar-refractivity contribution is 6.10. The van der Waals surface area contributed by atoms with Crippen LogP contribution in [-0.2, 0) is 4.79 Å². The van der Waals surface area contributed by atoms with Gasteiger partial charge in [-0.25, -0.2) is 0 Å². The van der Waals surface area contributed by atoms with Crippen LogP contribution in [0.4, 0.5) is 11.4 Å². The molecule has 0 atom stereocenters. The second-order valence-corrected chi connectivity index (χ2v) is 6.78. The fourth-order valence-electron chi connectivity index (χ4n) is 2.90. The lowest BCUT2D eigenvalue weighted by Crippen LogP contribution is -2.10. The monoisotopic (exact) mass is 410 g/mol. The van der Waals surface area contributed by atoms with Gasteiger partial charge in [0.2, 0.25) is 5.91 Å². The molecule has 0 saturated carbocycles. The Kier molecular flexibility index (Phi) is 6.82. The maximum Gasteiger partial charge on any atom is 0.221 e. The summed E-state index contributed by atoms with van der Waals surface area (Å²) in [4.78, 5) is 24.3. The predicted molar refractivity (Wildman–Crippen MR) is 123 cm³/mol. The molecule has 0 spiro atoms. The van der Waals surface area contributed by atoms with Crippen molar-refractivity contribution in [3.05, 3.63) is 95.1 Å². The third-order valence-electron chi connectivity index (χ3n) is 4.43. The lowest BCUT2D eigenvalue weighted by molar-refractivity contribution is -0.114. The molecule has 3 aromatic carbocycles. The van der Waals surface area contributed by atoms with E-state index in [-0.39, 0.29) is 17.5 Å². The normalized spacial score (nSPS) is 9.84. The van der Waals surface area contributed by atoms with Crippen LogP contribution in [0.1, 0.15) is 34.0 Å². The van der Waals surface area contributed by atoms with Gasteiger partial charge < -0.3 is 16.4 Å². The minimum absolute atomic E-state index is 0.0195. The van der Waals surface area contributed by atoms with E-state index in [1.807, 2.05) is 30.3 Å². The van der Waals surface area contributed by atoms with Gasteiger partial charge in [-0.1, -0.05) is 42.2 Å². The van der Waals surface area contributed by atoms with E-state index >= 15 is 0 Å². The number of carbonyl (C=O) groups is 2. The first-order valence-electron chi connectivity index (χ1n) is 9.62. The van der Waals surface area contributed by atoms with Crippen LogP contribution in [0.5, 0.6) is 0 Å². The van der Waals surface area contributed by atoms with Crippen LogP contribution in [0.25, 0.3) is 0 Å². The lowest BCUT2D eigenvalue weighted by atomic mass is 10.0. The Labute approximate surface area is 181 Å². The number of benzene rings is 3. The van der Waals surface area contributed by atoms with Crippen LogP contribution in [0, 0.1) is 17.3 Å². The molecule has 0 aliphatic heterocycles. The summed E-state index contributed by atoms with van der Waals surface area (Å²) in [7, 11) is 0. The number of anilines is 2. The molecule has 5 N–H and O–H groups in total. The van der Waals surface area contributed by atoms with Crippen molar-refractivity contribution in [1.82, 2.24) is 0 Å². The molecule has 6 nitrogen and oxygen atoms in total. The Morgan fingerprint density at radius 3 is 2.26 bits per heavy atom. The van der Waals surface area contributed by atoms with E-state index in [4.69, 9.17) is 11.1 Å². The van der Waals surface area contributed by atoms with Gasteiger partial charge in [0.05, 0.1) is 12.2 Å². The minimum atomic E-state index is -0.240. The number of hydrogen-bond acceptors (Lipinski definition) is 4. The largest absolute Gasteiger partial charge is 0.384 e. The van der Waals surface area contributed by atoms with Crippen molar-refractivity contribution in [3.8, 4) is 11.8 Å². The Hall–Kier alpha value is -4.37. The smallest absolute Gasteiger partial charge is 0.221 e. The third-order valence-corrected chi connectivity index (χ3v) is 4.43. The van der Waals surface area contributed by atoms with E-state index in [9.17, 15) is 9.59 Å². The van der Waals surface area contributed by atoms with Gasteiger partial charge in [-0.3, -0.25) is 15.0 Å². The standard InChI is InChI=1S/C25H22N4O2/c1-17(30)29-23-16-21(24(31)19-6-3-2-4-7-19)10-9-18(23)8-5-15-28-22-13-11-20(12-14-22)25(26)27/h2-4,6-7,9-14,16,28H,15H2,1H3,(H3,26,27)(H,29,30). The van der Waals surface area contributed by atoms with Gasteiger partial charge >= 0.3 is 0 Å². The third kappa shape index (κ3) is 5.81. The highest BCUT2D eigenvalue weighted by Gasteiger charge is 2.12. The molecule has 0 aromatic heterocycles. The topological polar surface area (TPSA) is 108 Å². The molecule has 6 heteroatoms. The van der Waals surface area contributed by atoms with Crippen LogP contribution >= 0.6 is 0 Å².